The van der Waals surface area contributed by atoms with Crippen LogP contribution in [0.3, 0.4) is 0 Å². The molecule has 0 aliphatic rings. The van der Waals surface area contributed by atoms with Gasteiger partial charge in [-0.2, -0.15) is 4.31 Å². The van der Waals surface area contributed by atoms with Gasteiger partial charge in [0.1, 0.15) is 15.7 Å². The summed E-state index contributed by atoms with van der Waals surface area (Å²) in [6.07, 6.45) is 0. The van der Waals surface area contributed by atoms with Gasteiger partial charge in [-0.25, -0.2) is 8.42 Å². The molecule has 2 aromatic rings. The lowest BCUT2D eigenvalue weighted by atomic mass is 10.2. The number of carbonyl (C=O) groups excluding carboxylic acids is 1. The molecule has 1 amide bonds. The van der Waals surface area contributed by atoms with Crippen LogP contribution in [-0.4, -0.2) is 19.4 Å². The first-order valence-corrected chi connectivity index (χ1v) is 9.62. The first-order valence-electron chi connectivity index (χ1n) is 6.67. The molecule has 0 spiro atoms. The van der Waals surface area contributed by atoms with Crippen LogP contribution in [0.25, 0.3) is 0 Å². The maximum atomic E-state index is 12.9. The number of benzene rings is 2. The number of halogens is 4. The van der Waals surface area contributed by atoms with Gasteiger partial charge in [-0.3, -0.25) is 4.79 Å². The van der Waals surface area contributed by atoms with E-state index in [1.165, 1.54) is 12.1 Å². The molecule has 0 aliphatic carbocycles. The molecule has 134 valence electrons. The van der Waals surface area contributed by atoms with Crippen LogP contribution in [0.1, 0.15) is 12.5 Å². The van der Waals surface area contributed by atoms with E-state index in [-0.39, 0.29) is 4.90 Å². The Kier molecular flexibility index (Phi) is 5.81. The molecule has 1 N–H and O–H groups in total. The van der Waals surface area contributed by atoms with Crippen LogP contribution in [0, 0.1) is 6.92 Å². The topological polar surface area (TPSA) is 74.7 Å². The fourth-order valence-electron chi connectivity index (χ4n) is 2.05. The normalized spacial score (nSPS) is 11.4. The van der Waals surface area contributed by atoms with Crippen molar-refractivity contribution in [2.24, 2.45) is 0 Å². The fraction of sp³-hybridized carbons (Fsp3) is 0.133. The molecule has 0 fully saturated rings. The van der Waals surface area contributed by atoms with Gasteiger partial charge in [0.2, 0.25) is 5.91 Å². The zero-order valence-corrected chi connectivity index (χ0v) is 16.7. The summed E-state index contributed by atoms with van der Waals surface area (Å²) in [5.74, 6) is -1.50. The van der Waals surface area contributed by atoms with E-state index in [2.05, 4.69) is 0 Å². The summed E-state index contributed by atoms with van der Waals surface area (Å²) in [6.45, 7) is 2.81. The van der Waals surface area contributed by atoms with E-state index in [1.54, 1.807) is 19.1 Å². The molecule has 2 rings (SSSR count). The SMILES string of the molecule is CC(=O)N(c1c(Cl)c(Cl)c(O)c(Cl)c1Cl)S(=O)(=O)c1ccc(C)cc1. The lowest BCUT2D eigenvalue weighted by molar-refractivity contribution is -0.115. The monoisotopic (exact) mass is 441 g/mol. The standard InChI is InChI=1S/C15H11Cl4NO4S/c1-7-3-5-9(6-4-7)25(23,24)20(8(2)21)14-10(16)12(18)15(22)13(19)11(14)17/h3-6,22H,1-2H3. The molecule has 0 unspecified atom stereocenters. The van der Waals surface area contributed by atoms with E-state index in [0.717, 1.165) is 12.5 Å². The van der Waals surface area contributed by atoms with Crippen LogP contribution in [0.4, 0.5) is 5.69 Å². The molecule has 0 bridgehead atoms. The molecule has 25 heavy (non-hydrogen) atoms. The molecule has 0 saturated carbocycles. The lowest BCUT2D eigenvalue weighted by Crippen LogP contribution is -2.35. The molecule has 0 radical (unpaired) electrons. The van der Waals surface area contributed by atoms with Gasteiger partial charge in [-0.05, 0) is 19.1 Å². The second kappa shape index (κ2) is 7.21. The molecule has 5 nitrogen and oxygen atoms in total. The highest BCUT2D eigenvalue weighted by molar-refractivity contribution is 7.93. The van der Waals surface area contributed by atoms with Gasteiger partial charge < -0.3 is 5.11 Å². The second-order valence-corrected chi connectivity index (χ2v) is 8.35. The van der Waals surface area contributed by atoms with Crippen molar-refractivity contribution in [3.8, 4) is 5.75 Å². The Morgan fingerprint density at radius 2 is 1.40 bits per heavy atom. The smallest absolute Gasteiger partial charge is 0.270 e. The number of aromatic hydroxyl groups is 1. The minimum absolute atomic E-state index is 0.152. The minimum Gasteiger partial charge on any atom is -0.505 e. The Labute approximate surface area is 164 Å². The van der Waals surface area contributed by atoms with Gasteiger partial charge in [0, 0.05) is 6.92 Å². The van der Waals surface area contributed by atoms with Crippen LogP contribution >= 0.6 is 46.4 Å². The van der Waals surface area contributed by atoms with Gasteiger partial charge in [0.15, 0.2) is 5.75 Å². The van der Waals surface area contributed by atoms with Crippen molar-refractivity contribution in [2.75, 3.05) is 4.31 Å². The van der Waals surface area contributed by atoms with Crippen molar-refractivity contribution in [1.29, 1.82) is 0 Å². The number of sulfonamides is 1. The second-order valence-electron chi connectivity index (χ2n) is 5.05. The molecule has 0 atom stereocenters. The lowest BCUT2D eigenvalue weighted by Gasteiger charge is -2.24. The van der Waals surface area contributed by atoms with Gasteiger partial charge in [0.05, 0.1) is 14.9 Å². The van der Waals surface area contributed by atoms with Crippen molar-refractivity contribution in [1.82, 2.24) is 0 Å². The summed E-state index contributed by atoms with van der Waals surface area (Å²) < 4.78 is 26.3. The third kappa shape index (κ3) is 3.55. The van der Waals surface area contributed by atoms with Crippen molar-refractivity contribution in [2.45, 2.75) is 18.7 Å². The number of nitrogens with zero attached hydrogens (tertiary/aromatic N) is 1. The number of anilines is 1. The zero-order valence-electron chi connectivity index (χ0n) is 12.8. The predicted octanol–water partition coefficient (Wildman–Crippen LogP) is 5.06. The van der Waals surface area contributed by atoms with Crippen molar-refractivity contribution < 1.29 is 18.3 Å². The summed E-state index contributed by atoms with van der Waals surface area (Å²) in [4.78, 5) is 12.0. The Hall–Kier alpha value is -1.18. The van der Waals surface area contributed by atoms with E-state index in [0.29, 0.717) is 4.31 Å². The quantitative estimate of drug-likeness (QED) is 0.674. The first-order chi connectivity index (χ1) is 11.5. The molecule has 0 aliphatic heterocycles. The first kappa shape index (κ1) is 20.1. The number of carbonyl (C=O) groups is 1. The highest BCUT2D eigenvalue weighted by Crippen LogP contribution is 2.50. The summed E-state index contributed by atoms with van der Waals surface area (Å²) >= 11 is 23.8. The summed E-state index contributed by atoms with van der Waals surface area (Å²) in [5.41, 5.74) is 0.407. The third-order valence-electron chi connectivity index (χ3n) is 3.27. The van der Waals surface area contributed by atoms with Gasteiger partial charge in [0.25, 0.3) is 10.0 Å². The zero-order chi connectivity index (χ0) is 19.1. The van der Waals surface area contributed by atoms with Crippen LogP contribution in [0.2, 0.25) is 20.1 Å². The fourth-order valence-corrected chi connectivity index (χ4v) is 4.60. The van der Waals surface area contributed by atoms with Crippen LogP contribution in [-0.2, 0) is 14.8 Å². The van der Waals surface area contributed by atoms with Gasteiger partial charge >= 0.3 is 0 Å². The number of amides is 1. The number of hydrogen-bond acceptors (Lipinski definition) is 4. The Morgan fingerprint density at radius 3 is 1.80 bits per heavy atom. The van der Waals surface area contributed by atoms with E-state index >= 15 is 0 Å². The third-order valence-corrected chi connectivity index (χ3v) is 6.72. The summed E-state index contributed by atoms with van der Waals surface area (Å²) in [7, 11) is -4.35. The average Bonchev–Trinajstić information content (AvgIpc) is 2.54. The molecule has 0 saturated heterocycles. The van der Waals surface area contributed by atoms with Crippen molar-refractivity contribution >= 4 is 68.0 Å². The van der Waals surface area contributed by atoms with Crippen LogP contribution in [0.15, 0.2) is 29.2 Å². The predicted molar refractivity (Wildman–Crippen MR) is 99.7 cm³/mol. The molecular weight excluding hydrogens is 432 g/mol. The van der Waals surface area contributed by atoms with E-state index in [4.69, 9.17) is 46.4 Å². The van der Waals surface area contributed by atoms with E-state index in [9.17, 15) is 18.3 Å². The highest BCUT2D eigenvalue weighted by atomic mass is 35.5. The highest BCUT2D eigenvalue weighted by Gasteiger charge is 2.35. The number of rotatable bonds is 3. The summed E-state index contributed by atoms with van der Waals surface area (Å²) in [6, 6.07) is 5.83. The van der Waals surface area contributed by atoms with E-state index in [1.807, 2.05) is 0 Å². The number of phenolic OH excluding ortho intramolecular Hbond substituents is 1. The Balaban J connectivity index is 2.81. The maximum Gasteiger partial charge on any atom is 0.270 e. The van der Waals surface area contributed by atoms with Crippen molar-refractivity contribution in [3.05, 3.63) is 49.9 Å². The molecule has 10 heteroatoms. The number of aryl methyl sites for hydroxylation is 1. The Bertz CT molecular complexity index is 929. The van der Waals surface area contributed by atoms with E-state index < -0.39 is 47.5 Å². The maximum absolute atomic E-state index is 12.9. The van der Waals surface area contributed by atoms with Gasteiger partial charge in [-0.15, -0.1) is 0 Å². The molecule has 2 aromatic carbocycles. The molecule has 0 aromatic heterocycles. The minimum atomic E-state index is -4.35. The van der Waals surface area contributed by atoms with Crippen LogP contribution in [0.5, 0.6) is 5.75 Å². The number of phenols is 1. The van der Waals surface area contributed by atoms with Crippen molar-refractivity contribution in [3.63, 3.8) is 0 Å². The number of hydrogen-bond donors (Lipinski definition) is 1. The average molecular weight is 443 g/mol. The summed E-state index contributed by atoms with van der Waals surface area (Å²) in [5, 5.41) is 8.10. The van der Waals surface area contributed by atoms with Gasteiger partial charge in [-0.1, -0.05) is 64.1 Å². The largest absolute Gasteiger partial charge is 0.505 e. The Morgan fingerprint density at radius 1 is 0.960 bits per heavy atom. The molecular formula is C15H11Cl4NO4S. The van der Waals surface area contributed by atoms with Crippen LogP contribution < -0.4 is 4.31 Å². The molecule has 0 heterocycles.